The van der Waals surface area contributed by atoms with Gasteiger partial charge in [-0.25, -0.2) is 4.98 Å². The van der Waals surface area contributed by atoms with Gasteiger partial charge >= 0.3 is 0 Å². The maximum Gasteiger partial charge on any atom is 0.255 e. The van der Waals surface area contributed by atoms with E-state index in [0.717, 1.165) is 18.4 Å². The molecule has 1 saturated heterocycles. The Morgan fingerprint density at radius 1 is 1.19 bits per heavy atom. The lowest BCUT2D eigenvalue weighted by molar-refractivity contribution is -0.121. The molecule has 1 unspecified atom stereocenters. The lowest BCUT2D eigenvalue weighted by Crippen LogP contribution is -2.44. The molecule has 2 aromatic rings. The summed E-state index contributed by atoms with van der Waals surface area (Å²) >= 11 is 0. The van der Waals surface area contributed by atoms with Crippen LogP contribution in [-0.2, 0) is 4.79 Å². The molecule has 1 aromatic heterocycles. The molecule has 0 spiro atoms. The molecule has 146 valence electrons. The summed E-state index contributed by atoms with van der Waals surface area (Å²) in [6, 6.07) is 10.7. The Hall–Kier alpha value is -2.31. The lowest BCUT2D eigenvalue weighted by atomic mass is 9.96. The molecular formula is C19H24Cl2N4O2. The predicted octanol–water partition coefficient (Wildman–Crippen LogP) is 3.31. The van der Waals surface area contributed by atoms with Crippen LogP contribution < -0.4 is 11.1 Å². The van der Waals surface area contributed by atoms with Crippen molar-refractivity contribution < 1.29 is 9.59 Å². The number of aromatic nitrogens is 1. The fourth-order valence-corrected chi connectivity index (χ4v) is 3.01. The summed E-state index contributed by atoms with van der Waals surface area (Å²) in [4.78, 5) is 31.1. The van der Waals surface area contributed by atoms with E-state index in [9.17, 15) is 9.59 Å². The maximum absolute atomic E-state index is 12.7. The molecule has 1 aliphatic heterocycles. The predicted molar refractivity (Wildman–Crippen MR) is 112 cm³/mol. The number of likely N-dealkylation sites (tertiary alicyclic amines) is 1. The van der Waals surface area contributed by atoms with Crippen molar-refractivity contribution in [3.05, 3.63) is 53.7 Å². The van der Waals surface area contributed by atoms with Crippen LogP contribution in [0.1, 0.15) is 28.8 Å². The number of halogens is 2. The van der Waals surface area contributed by atoms with Crippen LogP contribution in [0.25, 0.3) is 0 Å². The van der Waals surface area contributed by atoms with Gasteiger partial charge in [0.25, 0.3) is 5.91 Å². The number of pyridine rings is 1. The fraction of sp³-hybridized carbons (Fsp3) is 0.316. The van der Waals surface area contributed by atoms with Crippen molar-refractivity contribution >= 4 is 48.1 Å². The SMILES string of the molecule is Cc1ccc(NC(=O)C2CCCN(C(=O)c3ccccc3N)C2)nc1.Cl.Cl. The van der Waals surface area contributed by atoms with Crippen molar-refractivity contribution in [2.45, 2.75) is 19.8 Å². The lowest BCUT2D eigenvalue weighted by Gasteiger charge is -2.32. The smallest absolute Gasteiger partial charge is 0.255 e. The van der Waals surface area contributed by atoms with Crippen molar-refractivity contribution in [1.29, 1.82) is 0 Å². The highest BCUT2D eigenvalue weighted by atomic mass is 35.5. The highest BCUT2D eigenvalue weighted by Gasteiger charge is 2.29. The summed E-state index contributed by atoms with van der Waals surface area (Å²) in [5.41, 5.74) is 7.89. The first-order valence-corrected chi connectivity index (χ1v) is 8.42. The highest BCUT2D eigenvalue weighted by molar-refractivity contribution is 5.99. The Morgan fingerprint density at radius 3 is 2.59 bits per heavy atom. The number of para-hydroxylation sites is 1. The number of carbonyl (C=O) groups excluding carboxylic acids is 2. The summed E-state index contributed by atoms with van der Waals surface area (Å²) in [6.07, 6.45) is 3.26. The van der Waals surface area contributed by atoms with E-state index in [-0.39, 0.29) is 42.5 Å². The van der Waals surface area contributed by atoms with E-state index >= 15 is 0 Å². The second-order valence-electron chi connectivity index (χ2n) is 6.39. The number of piperidine rings is 1. The molecule has 6 nitrogen and oxygen atoms in total. The summed E-state index contributed by atoms with van der Waals surface area (Å²) in [5, 5.41) is 2.84. The zero-order valence-corrected chi connectivity index (χ0v) is 16.7. The standard InChI is InChI=1S/C19H22N4O2.2ClH/c1-13-8-9-17(21-11-13)22-18(24)14-5-4-10-23(12-14)19(25)15-6-2-3-7-16(15)20;;/h2-3,6-9,11,14H,4-5,10,12,20H2,1H3,(H,21,22,24);2*1H. The zero-order chi connectivity index (χ0) is 17.8. The number of hydrogen-bond donors (Lipinski definition) is 2. The van der Waals surface area contributed by atoms with E-state index in [1.165, 1.54) is 0 Å². The molecule has 0 bridgehead atoms. The quantitative estimate of drug-likeness (QED) is 0.759. The molecule has 1 fully saturated rings. The van der Waals surface area contributed by atoms with Gasteiger partial charge in [-0.15, -0.1) is 24.8 Å². The minimum Gasteiger partial charge on any atom is -0.398 e. The van der Waals surface area contributed by atoms with Crippen LogP contribution in [0.2, 0.25) is 0 Å². The van der Waals surface area contributed by atoms with E-state index in [4.69, 9.17) is 5.73 Å². The molecule has 8 heteroatoms. The molecule has 3 N–H and O–H groups in total. The van der Waals surface area contributed by atoms with Crippen molar-refractivity contribution in [3.63, 3.8) is 0 Å². The first-order valence-electron chi connectivity index (χ1n) is 8.42. The van der Waals surface area contributed by atoms with Crippen molar-refractivity contribution in [2.75, 3.05) is 24.1 Å². The van der Waals surface area contributed by atoms with E-state index < -0.39 is 0 Å². The Morgan fingerprint density at radius 2 is 1.93 bits per heavy atom. The van der Waals surface area contributed by atoms with E-state index in [1.54, 1.807) is 41.4 Å². The average Bonchev–Trinajstić information content (AvgIpc) is 2.63. The third kappa shape index (κ3) is 5.58. The maximum atomic E-state index is 12.7. The van der Waals surface area contributed by atoms with Gasteiger partial charge in [0, 0.05) is 25.0 Å². The molecule has 2 amide bonds. The van der Waals surface area contributed by atoms with Crippen LogP contribution in [0.5, 0.6) is 0 Å². The molecule has 1 atom stereocenters. The van der Waals surface area contributed by atoms with Crippen molar-refractivity contribution in [1.82, 2.24) is 9.88 Å². The zero-order valence-electron chi connectivity index (χ0n) is 15.1. The molecule has 1 aliphatic rings. The van der Waals surface area contributed by atoms with Gasteiger partial charge in [0.05, 0.1) is 11.5 Å². The van der Waals surface area contributed by atoms with Crippen molar-refractivity contribution in [2.24, 2.45) is 5.92 Å². The van der Waals surface area contributed by atoms with Crippen LogP contribution in [0, 0.1) is 12.8 Å². The molecule has 0 radical (unpaired) electrons. The number of nitrogens with one attached hydrogen (secondary N) is 1. The fourth-order valence-electron chi connectivity index (χ4n) is 3.01. The summed E-state index contributed by atoms with van der Waals surface area (Å²) in [7, 11) is 0. The van der Waals surface area contributed by atoms with Crippen LogP contribution in [0.4, 0.5) is 11.5 Å². The first-order chi connectivity index (χ1) is 12.0. The Balaban J connectivity index is 0.00000182. The van der Waals surface area contributed by atoms with Crippen LogP contribution in [-0.4, -0.2) is 34.8 Å². The minimum atomic E-state index is -0.245. The van der Waals surface area contributed by atoms with Crippen LogP contribution in [0.3, 0.4) is 0 Å². The second kappa shape index (κ2) is 10.1. The Bertz CT molecular complexity index is 784. The van der Waals surface area contributed by atoms with Gasteiger partial charge in [-0.2, -0.15) is 0 Å². The topological polar surface area (TPSA) is 88.3 Å². The van der Waals surface area contributed by atoms with Crippen LogP contribution >= 0.6 is 24.8 Å². The monoisotopic (exact) mass is 410 g/mol. The molecule has 27 heavy (non-hydrogen) atoms. The van der Waals surface area contributed by atoms with E-state index in [2.05, 4.69) is 10.3 Å². The Labute approximate surface area is 171 Å². The van der Waals surface area contributed by atoms with Gasteiger partial charge in [0.15, 0.2) is 0 Å². The largest absolute Gasteiger partial charge is 0.398 e. The number of nitrogens with two attached hydrogens (primary N) is 1. The summed E-state index contributed by atoms with van der Waals surface area (Å²) < 4.78 is 0. The first kappa shape index (κ1) is 22.7. The molecule has 0 saturated carbocycles. The molecule has 2 heterocycles. The van der Waals surface area contributed by atoms with Crippen LogP contribution in [0.15, 0.2) is 42.6 Å². The number of aryl methyl sites for hydroxylation is 1. The number of rotatable bonds is 3. The van der Waals surface area contributed by atoms with Gasteiger partial charge in [0.1, 0.15) is 5.82 Å². The number of hydrogen-bond acceptors (Lipinski definition) is 4. The number of amides is 2. The van der Waals surface area contributed by atoms with E-state index in [0.29, 0.717) is 30.2 Å². The third-order valence-corrected chi connectivity index (χ3v) is 4.43. The van der Waals surface area contributed by atoms with Gasteiger partial charge in [0.2, 0.25) is 5.91 Å². The number of nitrogen functional groups attached to an aromatic ring is 1. The normalized spacial score (nSPS) is 15.9. The van der Waals surface area contributed by atoms with Crippen molar-refractivity contribution in [3.8, 4) is 0 Å². The summed E-state index contributed by atoms with van der Waals surface area (Å²) in [5.74, 6) is 0.0658. The number of benzene rings is 1. The number of nitrogens with zero attached hydrogens (tertiary/aromatic N) is 2. The van der Waals surface area contributed by atoms with Gasteiger partial charge < -0.3 is 16.0 Å². The molecule has 3 rings (SSSR count). The minimum absolute atomic E-state index is 0. The number of anilines is 2. The third-order valence-electron chi connectivity index (χ3n) is 4.43. The summed E-state index contributed by atoms with van der Waals surface area (Å²) in [6.45, 7) is 2.98. The molecule has 1 aromatic carbocycles. The Kier molecular flexibility index (Phi) is 8.53. The van der Waals surface area contributed by atoms with Gasteiger partial charge in [-0.1, -0.05) is 18.2 Å². The molecule has 0 aliphatic carbocycles. The average molecular weight is 411 g/mol. The second-order valence-corrected chi connectivity index (χ2v) is 6.39. The molecular weight excluding hydrogens is 387 g/mol. The van der Waals surface area contributed by atoms with Gasteiger partial charge in [-0.3, -0.25) is 9.59 Å². The van der Waals surface area contributed by atoms with Gasteiger partial charge in [-0.05, 0) is 43.5 Å². The van der Waals surface area contributed by atoms with E-state index in [1.807, 2.05) is 13.0 Å². The number of carbonyl (C=O) groups is 2. The highest BCUT2D eigenvalue weighted by Crippen LogP contribution is 2.22.